The van der Waals surface area contributed by atoms with E-state index in [1.165, 1.54) is 24.3 Å². The Morgan fingerprint density at radius 2 is 1.63 bits per heavy atom. The number of rotatable bonds is 7. The topological polar surface area (TPSA) is 113 Å². The Labute approximate surface area is 158 Å². The summed E-state index contributed by atoms with van der Waals surface area (Å²) in [5.74, 6) is -2.07. The molecule has 0 aliphatic rings. The minimum Gasteiger partial charge on any atom is -0.481 e. The van der Waals surface area contributed by atoms with Crippen LogP contribution in [0.15, 0.2) is 53.4 Å². The summed E-state index contributed by atoms with van der Waals surface area (Å²) in [5, 5.41) is 11.8. The lowest BCUT2D eigenvalue weighted by Gasteiger charge is -2.11. The zero-order valence-electron chi connectivity index (χ0n) is 15.3. The van der Waals surface area contributed by atoms with Crippen molar-refractivity contribution in [1.29, 1.82) is 0 Å². The smallest absolute Gasteiger partial charge is 0.310 e. The van der Waals surface area contributed by atoms with Crippen molar-refractivity contribution < 1.29 is 23.1 Å². The first-order valence-electron chi connectivity index (χ1n) is 8.36. The molecule has 7 nitrogen and oxygen atoms in total. The number of carboxylic acids is 1. The molecule has 27 heavy (non-hydrogen) atoms. The largest absolute Gasteiger partial charge is 0.481 e. The number of benzene rings is 2. The normalized spacial score (nSPS) is 12.6. The summed E-state index contributed by atoms with van der Waals surface area (Å²) in [6, 6.07) is 11.9. The number of carbonyl (C=O) groups is 2. The Morgan fingerprint density at radius 3 is 2.19 bits per heavy atom. The zero-order chi connectivity index (χ0) is 20.2. The number of carbonyl (C=O) groups excluding carboxylic acids is 1. The van der Waals surface area contributed by atoms with Crippen LogP contribution in [-0.2, 0) is 14.8 Å². The van der Waals surface area contributed by atoms with E-state index >= 15 is 0 Å². The van der Waals surface area contributed by atoms with Crippen LogP contribution in [0, 0.1) is 0 Å². The van der Waals surface area contributed by atoms with E-state index in [2.05, 4.69) is 10.0 Å². The average Bonchev–Trinajstić information content (AvgIpc) is 2.60. The summed E-state index contributed by atoms with van der Waals surface area (Å²) < 4.78 is 26.7. The van der Waals surface area contributed by atoms with Crippen molar-refractivity contribution >= 4 is 27.6 Å². The number of anilines is 1. The molecule has 1 amide bonds. The van der Waals surface area contributed by atoms with Gasteiger partial charge in [-0.2, -0.15) is 0 Å². The van der Waals surface area contributed by atoms with E-state index in [0.717, 1.165) is 0 Å². The van der Waals surface area contributed by atoms with Crippen molar-refractivity contribution in [1.82, 2.24) is 4.72 Å². The lowest BCUT2D eigenvalue weighted by atomic mass is 10.0. The van der Waals surface area contributed by atoms with Gasteiger partial charge >= 0.3 is 5.97 Å². The molecule has 8 heteroatoms. The van der Waals surface area contributed by atoms with E-state index in [1.54, 1.807) is 45.0 Å². The molecule has 3 N–H and O–H groups in total. The van der Waals surface area contributed by atoms with Crippen molar-refractivity contribution in [2.24, 2.45) is 0 Å². The maximum atomic E-state index is 12.4. The van der Waals surface area contributed by atoms with Gasteiger partial charge in [0.15, 0.2) is 0 Å². The summed E-state index contributed by atoms with van der Waals surface area (Å²) in [7, 11) is -3.62. The molecule has 0 radical (unpaired) electrons. The first-order valence-corrected chi connectivity index (χ1v) is 9.85. The van der Waals surface area contributed by atoms with Gasteiger partial charge in [-0.1, -0.05) is 12.1 Å². The minimum atomic E-state index is -3.62. The van der Waals surface area contributed by atoms with Crippen molar-refractivity contribution in [3.8, 4) is 0 Å². The van der Waals surface area contributed by atoms with Gasteiger partial charge in [0.25, 0.3) is 5.91 Å². The number of amides is 1. The van der Waals surface area contributed by atoms with Gasteiger partial charge in [0, 0.05) is 17.3 Å². The lowest BCUT2D eigenvalue weighted by molar-refractivity contribution is -0.138. The van der Waals surface area contributed by atoms with Gasteiger partial charge in [-0.15, -0.1) is 0 Å². The second kappa shape index (κ2) is 8.32. The first-order chi connectivity index (χ1) is 12.6. The highest BCUT2D eigenvalue weighted by atomic mass is 32.2. The fraction of sp³-hybridized carbons (Fsp3) is 0.263. The first kappa shape index (κ1) is 20.6. The molecule has 1 unspecified atom stereocenters. The number of hydrogen-bond acceptors (Lipinski definition) is 4. The predicted molar refractivity (Wildman–Crippen MR) is 102 cm³/mol. The monoisotopic (exact) mass is 390 g/mol. The fourth-order valence-electron chi connectivity index (χ4n) is 2.40. The third-order valence-electron chi connectivity index (χ3n) is 3.83. The molecule has 0 aliphatic heterocycles. The maximum absolute atomic E-state index is 12.4. The summed E-state index contributed by atoms with van der Waals surface area (Å²) in [5.41, 5.74) is 1.32. The van der Waals surface area contributed by atoms with Gasteiger partial charge in [-0.05, 0) is 62.7 Å². The molecule has 0 aromatic heterocycles. The molecular formula is C19H22N2O5S. The zero-order valence-corrected chi connectivity index (χ0v) is 16.1. The second-order valence-corrected chi connectivity index (χ2v) is 8.15. The van der Waals surface area contributed by atoms with Crippen molar-refractivity contribution in [2.45, 2.75) is 37.6 Å². The van der Waals surface area contributed by atoms with Crippen LogP contribution < -0.4 is 10.0 Å². The van der Waals surface area contributed by atoms with Crippen LogP contribution in [0.4, 0.5) is 5.69 Å². The molecule has 0 spiro atoms. The Balaban J connectivity index is 2.15. The molecule has 0 aliphatic carbocycles. The average molecular weight is 390 g/mol. The van der Waals surface area contributed by atoms with E-state index in [4.69, 9.17) is 5.11 Å². The lowest BCUT2D eigenvalue weighted by Crippen LogP contribution is -2.30. The quantitative estimate of drug-likeness (QED) is 0.673. The molecule has 0 saturated carbocycles. The standard InChI is InChI=1S/C19H22N2O5S/c1-12(2)21-27(25,26)17-9-7-14(8-10-17)18(22)20-16-6-4-5-15(11-16)13(3)19(23)24/h4-13,21H,1-3H3,(H,20,22)(H,23,24). The summed E-state index contributed by atoms with van der Waals surface area (Å²) in [6.07, 6.45) is 0. The Bertz CT molecular complexity index is 937. The van der Waals surface area contributed by atoms with Crippen LogP contribution in [0.3, 0.4) is 0 Å². The van der Waals surface area contributed by atoms with Crippen LogP contribution >= 0.6 is 0 Å². The highest BCUT2D eigenvalue weighted by Gasteiger charge is 2.17. The molecule has 0 heterocycles. The summed E-state index contributed by atoms with van der Waals surface area (Å²) >= 11 is 0. The molecule has 2 aromatic carbocycles. The highest BCUT2D eigenvalue weighted by molar-refractivity contribution is 7.89. The van der Waals surface area contributed by atoms with Crippen LogP contribution in [0.1, 0.15) is 42.6 Å². The fourth-order valence-corrected chi connectivity index (χ4v) is 3.65. The van der Waals surface area contributed by atoms with E-state index in [-0.39, 0.29) is 16.5 Å². The predicted octanol–water partition coefficient (Wildman–Crippen LogP) is 2.81. The second-order valence-electron chi connectivity index (χ2n) is 6.44. The van der Waals surface area contributed by atoms with Crippen LogP contribution in [0.5, 0.6) is 0 Å². The Hall–Kier alpha value is -2.71. The third-order valence-corrected chi connectivity index (χ3v) is 5.51. The third kappa shape index (κ3) is 5.38. The van der Waals surface area contributed by atoms with Crippen molar-refractivity contribution in [3.05, 3.63) is 59.7 Å². The van der Waals surface area contributed by atoms with Gasteiger partial charge in [0.05, 0.1) is 10.8 Å². The van der Waals surface area contributed by atoms with E-state index in [1.807, 2.05) is 0 Å². The maximum Gasteiger partial charge on any atom is 0.310 e. The SMILES string of the molecule is CC(C)NS(=O)(=O)c1ccc(C(=O)Nc2cccc(C(C)C(=O)O)c2)cc1. The number of nitrogens with one attached hydrogen (secondary N) is 2. The van der Waals surface area contributed by atoms with Gasteiger partial charge in [-0.3, -0.25) is 9.59 Å². The molecular weight excluding hydrogens is 368 g/mol. The Morgan fingerprint density at radius 1 is 1.00 bits per heavy atom. The summed E-state index contributed by atoms with van der Waals surface area (Å²) in [4.78, 5) is 23.5. The molecule has 2 aromatic rings. The van der Waals surface area contributed by atoms with Gasteiger partial charge in [-0.25, -0.2) is 13.1 Å². The minimum absolute atomic E-state index is 0.0741. The van der Waals surface area contributed by atoms with E-state index in [0.29, 0.717) is 11.3 Å². The molecule has 1 atom stereocenters. The van der Waals surface area contributed by atoms with Crippen molar-refractivity contribution in [2.75, 3.05) is 5.32 Å². The van der Waals surface area contributed by atoms with Crippen molar-refractivity contribution in [3.63, 3.8) is 0 Å². The van der Waals surface area contributed by atoms with Crippen LogP contribution in [0.25, 0.3) is 0 Å². The molecule has 2 rings (SSSR count). The number of sulfonamides is 1. The molecule has 0 bridgehead atoms. The molecule has 0 saturated heterocycles. The van der Waals surface area contributed by atoms with E-state index < -0.39 is 27.8 Å². The number of hydrogen-bond donors (Lipinski definition) is 3. The summed E-state index contributed by atoms with van der Waals surface area (Å²) in [6.45, 7) is 5.00. The number of carboxylic acid groups (broad SMARTS) is 1. The van der Waals surface area contributed by atoms with E-state index in [9.17, 15) is 18.0 Å². The van der Waals surface area contributed by atoms with Crippen LogP contribution in [-0.4, -0.2) is 31.4 Å². The highest BCUT2D eigenvalue weighted by Crippen LogP contribution is 2.20. The van der Waals surface area contributed by atoms with Gasteiger partial charge in [0.1, 0.15) is 0 Å². The molecule has 144 valence electrons. The van der Waals surface area contributed by atoms with Crippen LogP contribution in [0.2, 0.25) is 0 Å². The van der Waals surface area contributed by atoms with Gasteiger partial charge in [0.2, 0.25) is 10.0 Å². The number of aliphatic carboxylic acids is 1. The Kier molecular flexibility index (Phi) is 6.35. The van der Waals surface area contributed by atoms with Gasteiger partial charge < -0.3 is 10.4 Å². The molecule has 0 fully saturated rings.